The second kappa shape index (κ2) is 3.05. The van der Waals surface area contributed by atoms with Gasteiger partial charge in [-0.25, -0.2) is 4.79 Å². The molecule has 0 heterocycles. The van der Waals surface area contributed by atoms with Gasteiger partial charge < -0.3 is 5.73 Å². The van der Waals surface area contributed by atoms with Gasteiger partial charge in [-0.1, -0.05) is 18.2 Å². The van der Waals surface area contributed by atoms with Crippen molar-refractivity contribution in [1.29, 1.82) is 0 Å². The summed E-state index contributed by atoms with van der Waals surface area (Å²) in [6.07, 6.45) is 0. The highest BCUT2D eigenvalue weighted by Crippen LogP contribution is 2.10. The minimum absolute atomic E-state index is 0.559. The number of hydrogen-bond acceptors (Lipinski definition) is 1. The van der Waals surface area contributed by atoms with E-state index in [0.717, 1.165) is 4.90 Å². The van der Waals surface area contributed by atoms with Crippen LogP contribution in [0.2, 0.25) is 0 Å². The number of urea groups is 1. The predicted octanol–water partition coefficient (Wildman–Crippen LogP) is 1.36. The second-order valence-corrected chi connectivity index (χ2v) is 2.10. The zero-order valence-corrected chi connectivity index (χ0v) is 6.03. The highest BCUT2D eigenvalue weighted by molar-refractivity contribution is 5.90. The Balaban J connectivity index is 2.85. The number of carbonyl (C=O) groups is 1. The lowest BCUT2D eigenvalue weighted by molar-refractivity contribution is 0.255. The summed E-state index contributed by atoms with van der Waals surface area (Å²) >= 11 is 0. The molecule has 1 radical (unpaired) electrons. The standard InChI is InChI=1S/C8H9N2O/c1-10(8(9)11)7-5-3-2-4-6-7/h2-6H,1H2,(H2,9,11). The van der Waals surface area contributed by atoms with Crippen LogP contribution in [0.25, 0.3) is 0 Å². The van der Waals surface area contributed by atoms with Crippen LogP contribution in [0.5, 0.6) is 0 Å². The number of nitrogens with zero attached hydrogens (tertiary/aromatic N) is 1. The van der Waals surface area contributed by atoms with E-state index < -0.39 is 6.03 Å². The van der Waals surface area contributed by atoms with E-state index in [4.69, 9.17) is 5.73 Å². The largest absolute Gasteiger partial charge is 0.351 e. The van der Waals surface area contributed by atoms with E-state index in [1.165, 1.54) is 0 Å². The van der Waals surface area contributed by atoms with Crippen LogP contribution in [-0.2, 0) is 0 Å². The fraction of sp³-hybridized carbons (Fsp3) is 0. The number of amides is 2. The summed E-state index contributed by atoms with van der Waals surface area (Å²) in [6.45, 7) is 0. The molecular weight excluding hydrogens is 140 g/mol. The number of hydrogen-bond donors (Lipinski definition) is 1. The Bertz CT molecular complexity index is 246. The SMILES string of the molecule is [CH2]N(C(N)=O)c1ccccc1. The van der Waals surface area contributed by atoms with E-state index in [-0.39, 0.29) is 0 Å². The number of primary amides is 1. The molecule has 2 amide bonds. The van der Waals surface area contributed by atoms with Gasteiger partial charge in [0.1, 0.15) is 0 Å². The zero-order valence-electron chi connectivity index (χ0n) is 6.03. The van der Waals surface area contributed by atoms with Gasteiger partial charge in [-0.2, -0.15) is 0 Å². The van der Waals surface area contributed by atoms with Crippen LogP contribution in [-0.4, -0.2) is 6.03 Å². The number of nitrogens with two attached hydrogens (primary N) is 1. The van der Waals surface area contributed by atoms with Crippen LogP contribution >= 0.6 is 0 Å². The van der Waals surface area contributed by atoms with Crippen molar-refractivity contribution in [3.8, 4) is 0 Å². The lowest BCUT2D eigenvalue weighted by Gasteiger charge is -2.12. The smallest absolute Gasteiger partial charge is 0.319 e. The Kier molecular flexibility index (Phi) is 2.11. The van der Waals surface area contributed by atoms with Gasteiger partial charge in [0.05, 0.1) is 0 Å². The van der Waals surface area contributed by atoms with Gasteiger partial charge in [-0.3, -0.25) is 4.90 Å². The molecule has 0 bridgehead atoms. The molecule has 1 aromatic rings. The molecule has 3 nitrogen and oxygen atoms in total. The van der Waals surface area contributed by atoms with E-state index in [2.05, 4.69) is 7.05 Å². The van der Waals surface area contributed by atoms with Crippen LogP contribution in [0.15, 0.2) is 30.3 Å². The molecule has 57 valence electrons. The molecule has 0 unspecified atom stereocenters. The summed E-state index contributed by atoms with van der Waals surface area (Å²) in [7, 11) is 3.47. The molecule has 0 spiro atoms. The number of para-hydroxylation sites is 1. The van der Waals surface area contributed by atoms with Crippen molar-refractivity contribution < 1.29 is 4.79 Å². The molecule has 3 heteroatoms. The highest BCUT2D eigenvalue weighted by atomic mass is 16.2. The van der Waals surface area contributed by atoms with Crippen molar-refractivity contribution in [2.24, 2.45) is 5.73 Å². The van der Waals surface area contributed by atoms with Gasteiger partial charge in [0.2, 0.25) is 0 Å². The molecule has 0 aliphatic carbocycles. The second-order valence-electron chi connectivity index (χ2n) is 2.10. The van der Waals surface area contributed by atoms with E-state index >= 15 is 0 Å². The molecule has 0 aromatic heterocycles. The lowest BCUT2D eigenvalue weighted by Crippen LogP contribution is -2.29. The van der Waals surface area contributed by atoms with Crippen molar-refractivity contribution in [2.45, 2.75) is 0 Å². The van der Waals surface area contributed by atoms with Gasteiger partial charge in [0.25, 0.3) is 0 Å². The Hall–Kier alpha value is -1.51. The van der Waals surface area contributed by atoms with E-state index in [9.17, 15) is 4.79 Å². The van der Waals surface area contributed by atoms with Crippen LogP contribution in [0.4, 0.5) is 10.5 Å². The molecule has 0 saturated carbocycles. The average molecular weight is 149 g/mol. The predicted molar refractivity (Wildman–Crippen MR) is 43.9 cm³/mol. The number of rotatable bonds is 1. The third-order valence-corrected chi connectivity index (χ3v) is 1.33. The van der Waals surface area contributed by atoms with Crippen molar-refractivity contribution in [3.63, 3.8) is 0 Å². The molecule has 2 N–H and O–H groups in total. The minimum atomic E-state index is -0.559. The van der Waals surface area contributed by atoms with E-state index in [0.29, 0.717) is 5.69 Å². The topological polar surface area (TPSA) is 46.3 Å². The van der Waals surface area contributed by atoms with Crippen LogP contribution < -0.4 is 10.6 Å². The fourth-order valence-corrected chi connectivity index (χ4v) is 0.735. The first-order valence-corrected chi connectivity index (χ1v) is 3.17. The lowest BCUT2D eigenvalue weighted by atomic mass is 10.3. The van der Waals surface area contributed by atoms with Crippen LogP contribution in [0.1, 0.15) is 0 Å². The van der Waals surface area contributed by atoms with Crippen LogP contribution in [0.3, 0.4) is 0 Å². The minimum Gasteiger partial charge on any atom is -0.351 e. The van der Waals surface area contributed by atoms with Gasteiger partial charge in [-0.05, 0) is 12.1 Å². The highest BCUT2D eigenvalue weighted by Gasteiger charge is 2.03. The summed E-state index contributed by atoms with van der Waals surface area (Å²) in [5.74, 6) is 0. The fourth-order valence-electron chi connectivity index (χ4n) is 0.735. The first-order chi connectivity index (χ1) is 5.22. The van der Waals surface area contributed by atoms with Crippen molar-refractivity contribution in [3.05, 3.63) is 37.4 Å². The van der Waals surface area contributed by atoms with Crippen LogP contribution in [0, 0.1) is 7.05 Å². The molecule has 1 aromatic carbocycles. The van der Waals surface area contributed by atoms with Crippen molar-refractivity contribution in [2.75, 3.05) is 4.90 Å². The van der Waals surface area contributed by atoms with E-state index in [1.54, 1.807) is 12.1 Å². The summed E-state index contributed by atoms with van der Waals surface area (Å²) in [4.78, 5) is 11.7. The summed E-state index contributed by atoms with van der Waals surface area (Å²) in [5, 5.41) is 0. The Labute approximate surface area is 65.4 Å². The number of anilines is 1. The first kappa shape index (κ1) is 7.60. The van der Waals surface area contributed by atoms with Gasteiger partial charge >= 0.3 is 6.03 Å². The quantitative estimate of drug-likeness (QED) is 0.643. The van der Waals surface area contributed by atoms with Gasteiger partial charge in [-0.15, -0.1) is 0 Å². The third-order valence-electron chi connectivity index (χ3n) is 1.33. The van der Waals surface area contributed by atoms with Gasteiger partial charge in [0.15, 0.2) is 0 Å². The molecule has 11 heavy (non-hydrogen) atoms. The maximum Gasteiger partial charge on any atom is 0.319 e. The number of carbonyl (C=O) groups excluding carboxylic acids is 1. The van der Waals surface area contributed by atoms with Crippen molar-refractivity contribution in [1.82, 2.24) is 0 Å². The van der Waals surface area contributed by atoms with E-state index in [1.807, 2.05) is 18.2 Å². The normalized spacial score (nSPS) is 9.18. The Morgan fingerprint density at radius 3 is 2.36 bits per heavy atom. The summed E-state index contributed by atoms with van der Waals surface area (Å²) < 4.78 is 0. The number of benzene rings is 1. The third kappa shape index (κ3) is 1.70. The molecule has 0 saturated heterocycles. The maximum absolute atomic E-state index is 10.6. The molecule has 0 aliphatic heterocycles. The molecular formula is C8H9N2O. The average Bonchev–Trinajstić information content (AvgIpc) is 2.05. The maximum atomic E-state index is 10.6. The molecule has 0 fully saturated rings. The summed E-state index contributed by atoms with van der Waals surface area (Å²) in [6, 6.07) is 8.46. The molecule has 0 aliphatic rings. The Morgan fingerprint density at radius 1 is 1.36 bits per heavy atom. The molecule has 0 atom stereocenters. The Morgan fingerprint density at radius 2 is 1.91 bits per heavy atom. The van der Waals surface area contributed by atoms with Gasteiger partial charge in [0, 0.05) is 12.7 Å². The monoisotopic (exact) mass is 149 g/mol. The first-order valence-electron chi connectivity index (χ1n) is 3.17. The summed E-state index contributed by atoms with van der Waals surface area (Å²) in [5.41, 5.74) is 5.69. The zero-order chi connectivity index (χ0) is 8.27. The van der Waals surface area contributed by atoms with Crippen molar-refractivity contribution >= 4 is 11.7 Å². The molecule has 1 rings (SSSR count).